The Morgan fingerprint density at radius 2 is 2.20 bits per heavy atom. The number of H-pyrrole nitrogens is 1. The number of aromatic nitrogens is 4. The smallest absolute Gasteiger partial charge is 0.298 e. The van der Waals surface area contributed by atoms with Gasteiger partial charge >= 0.3 is 0 Å². The van der Waals surface area contributed by atoms with Crippen LogP contribution in [0.15, 0.2) is 6.33 Å². The van der Waals surface area contributed by atoms with Crippen LogP contribution in [0.5, 0.6) is 0 Å². The van der Waals surface area contributed by atoms with Crippen molar-refractivity contribution in [3.8, 4) is 0 Å². The quantitative estimate of drug-likeness (QED) is 0.625. The van der Waals surface area contributed by atoms with Gasteiger partial charge in [0.1, 0.15) is 5.52 Å². The van der Waals surface area contributed by atoms with E-state index in [0.29, 0.717) is 5.52 Å². The lowest BCUT2D eigenvalue weighted by Gasteiger charge is -2.01. The van der Waals surface area contributed by atoms with Gasteiger partial charge in [-0.15, -0.1) is 0 Å². The molecule has 0 amide bonds. The fraction of sp³-hybridized carbons (Fsp3) is 0. The SMILES string of the molecule is NS(=O)(=O)Nc1nc(Cl)c2[nH]cnc2n1. The lowest BCUT2D eigenvalue weighted by molar-refractivity contribution is 0.602. The van der Waals surface area contributed by atoms with Gasteiger partial charge in [0.05, 0.1) is 6.33 Å². The van der Waals surface area contributed by atoms with Crippen LogP contribution in [0, 0.1) is 0 Å². The third-order valence-electron chi connectivity index (χ3n) is 1.48. The number of anilines is 1. The van der Waals surface area contributed by atoms with E-state index in [2.05, 4.69) is 19.9 Å². The average Bonchev–Trinajstić information content (AvgIpc) is 2.48. The Bertz CT molecular complexity index is 607. The molecule has 0 aliphatic rings. The first kappa shape index (κ1) is 10.1. The third-order valence-corrected chi connectivity index (χ3v) is 2.22. The van der Waals surface area contributed by atoms with E-state index in [1.165, 1.54) is 6.33 Å². The summed E-state index contributed by atoms with van der Waals surface area (Å²) >= 11 is 5.73. The fourth-order valence-corrected chi connectivity index (χ4v) is 1.54. The monoisotopic (exact) mass is 248 g/mol. The molecular formula is C5H5ClN6O2S. The number of aromatic amines is 1. The highest BCUT2D eigenvalue weighted by atomic mass is 35.5. The molecule has 8 nitrogen and oxygen atoms in total. The second-order valence-corrected chi connectivity index (χ2v) is 4.24. The Labute approximate surface area is 89.1 Å². The number of fused-ring (bicyclic) bond motifs is 1. The first-order valence-electron chi connectivity index (χ1n) is 3.63. The zero-order chi connectivity index (χ0) is 11.1. The highest BCUT2D eigenvalue weighted by Gasteiger charge is 2.10. The molecule has 2 rings (SSSR count). The van der Waals surface area contributed by atoms with E-state index in [4.69, 9.17) is 16.7 Å². The Kier molecular flexibility index (Phi) is 2.21. The van der Waals surface area contributed by atoms with E-state index >= 15 is 0 Å². The van der Waals surface area contributed by atoms with Crippen LogP contribution in [-0.2, 0) is 10.2 Å². The normalized spacial score (nSPS) is 11.9. The summed E-state index contributed by atoms with van der Waals surface area (Å²) in [5.74, 6) is -0.220. The van der Waals surface area contributed by atoms with E-state index in [1.54, 1.807) is 0 Å². The van der Waals surface area contributed by atoms with E-state index in [9.17, 15) is 8.42 Å². The van der Waals surface area contributed by atoms with Crippen LogP contribution in [0.1, 0.15) is 0 Å². The number of halogens is 1. The van der Waals surface area contributed by atoms with Crippen molar-refractivity contribution in [2.75, 3.05) is 4.72 Å². The molecule has 10 heteroatoms. The van der Waals surface area contributed by atoms with Crippen molar-refractivity contribution < 1.29 is 8.42 Å². The third kappa shape index (κ3) is 2.14. The minimum atomic E-state index is -3.92. The van der Waals surface area contributed by atoms with Gasteiger partial charge in [0.25, 0.3) is 10.2 Å². The van der Waals surface area contributed by atoms with Crippen molar-refractivity contribution >= 4 is 38.9 Å². The highest BCUT2D eigenvalue weighted by Crippen LogP contribution is 2.18. The van der Waals surface area contributed by atoms with Crippen molar-refractivity contribution in [3.05, 3.63) is 11.5 Å². The molecule has 0 saturated carbocycles. The van der Waals surface area contributed by atoms with E-state index in [-0.39, 0.29) is 16.7 Å². The minimum Gasteiger partial charge on any atom is -0.341 e. The maximum absolute atomic E-state index is 10.7. The molecular weight excluding hydrogens is 244 g/mol. The minimum absolute atomic E-state index is 0.0589. The van der Waals surface area contributed by atoms with Gasteiger partial charge in [-0.3, -0.25) is 0 Å². The van der Waals surface area contributed by atoms with E-state index in [1.807, 2.05) is 4.72 Å². The van der Waals surface area contributed by atoms with Crippen molar-refractivity contribution in [2.45, 2.75) is 0 Å². The van der Waals surface area contributed by atoms with Crippen molar-refractivity contribution in [1.29, 1.82) is 0 Å². The fourth-order valence-electron chi connectivity index (χ4n) is 0.971. The van der Waals surface area contributed by atoms with Gasteiger partial charge < -0.3 is 4.98 Å². The molecule has 0 aliphatic heterocycles. The molecule has 0 atom stereocenters. The van der Waals surface area contributed by atoms with Gasteiger partial charge in [-0.25, -0.2) is 14.8 Å². The average molecular weight is 249 g/mol. The standard InChI is InChI=1S/C5H5ClN6O2S/c6-3-2-4(9-1-8-2)11-5(10-3)12-15(7,13)14/h1H,(H2,7,13,14)(H2,8,9,10,11,12). The Morgan fingerprint density at radius 1 is 1.47 bits per heavy atom. The molecule has 80 valence electrons. The van der Waals surface area contributed by atoms with Crippen molar-refractivity contribution in [3.63, 3.8) is 0 Å². The Morgan fingerprint density at radius 3 is 2.87 bits per heavy atom. The van der Waals surface area contributed by atoms with Crippen LogP contribution in [0.2, 0.25) is 5.15 Å². The molecule has 0 aliphatic carbocycles. The van der Waals surface area contributed by atoms with Crippen molar-refractivity contribution in [2.24, 2.45) is 5.14 Å². The highest BCUT2D eigenvalue weighted by molar-refractivity contribution is 7.90. The summed E-state index contributed by atoms with van der Waals surface area (Å²) in [6, 6.07) is 0. The van der Waals surface area contributed by atoms with Crippen LogP contribution in [0.4, 0.5) is 5.95 Å². The maximum atomic E-state index is 10.7. The van der Waals surface area contributed by atoms with Gasteiger partial charge in [0.15, 0.2) is 10.8 Å². The number of hydrogen-bond donors (Lipinski definition) is 3. The summed E-state index contributed by atoms with van der Waals surface area (Å²) < 4.78 is 23.3. The largest absolute Gasteiger partial charge is 0.341 e. The lowest BCUT2D eigenvalue weighted by atomic mass is 10.6. The molecule has 2 heterocycles. The zero-order valence-electron chi connectivity index (χ0n) is 7.10. The van der Waals surface area contributed by atoms with Gasteiger partial charge in [-0.05, 0) is 0 Å². The first-order valence-corrected chi connectivity index (χ1v) is 5.55. The van der Waals surface area contributed by atoms with Crippen LogP contribution in [-0.4, -0.2) is 28.4 Å². The lowest BCUT2D eigenvalue weighted by Crippen LogP contribution is -2.23. The topological polar surface area (TPSA) is 127 Å². The molecule has 0 radical (unpaired) electrons. The molecule has 0 unspecified atom stereocenters. The second kappa shape index (κ2) is 3.29. The summed E-state index contributed by atoms with van der Waals surface area (Å²) in [7, 11) is -3.92. The van der Waals surface area contributed by atoms with Crippen LogP contribution in [0.25, 0.3) is 11.2 Å². The predicted molar refractivity (Wildman–Crippen MR) is 53.4 cm³/mol. The van der Waals surface area contributed by atoms with Crippen LogP contribution in [0.3, 0.4) is 0 Å². The summed E-state index contributed by atoms with van der Waals surface area (Å²) in [5, 5.41) is 4.81. The molecule has 0 fully saturated rings. The number of imidazole rings is 1. The number of nitrogens with one attached hydrogen (secondary N) is 2. The van der Waals surface area contributed by atoms with Gasteiger partial charge in [0, 0.05) is 0 Å². The zero-order valence-corrected chi connectivity index (χ0v) is 8.67. The molecule has 4 N–H and O–H groups in total. The summed E-state index contributed by atoms with van der Waals surface area (Å²) in [6.45, 7) is 0. The number of nitrogens with two attached hydrogens (primary N) is 1. The molecule has 2 aromatic rings. The summed E-state index contributed by atoms with van der Waals surface area (Å²) in [4.78, 5) is 13.9. The maximum Gasteiger partial charge on any atom is 0.298 e. The molecule has 0 spiro atoms. The molecule has 15 heavy (non-hydrogen) atoms. The molecule has 0 saturated heterocycles. The van der Waals surface area contributed by atoms with Gasteiger partial charge in [-0.2, -0.15) is 18.4 Å². The summed E-state index contributed by atoms with van der Waals surface area (Å²) in [5.41, 5.74) is 0.679. The van der Waals surface area contributed by atoms with E-state index in [0.717, 1.165) is 0 Å². The summed E-state index contributed by atoms with van der Waals surface area (Å²) in [6.07, 6.45) is 1.37. The number of nitrogens with zero attached hydrogens (tertiary/aromatic N) is 3. The van der Waals surface area contributed by atoms with Gasteiger partial charge in [0.2, 0.25) is 5.95 Å². The van der Waals surface area contributed by atoms with Crippen LogP contribution < -0.4 is 9.86 Å². The van der Waals surface area contributed by atoms with Gasteiger partial charge in [-0.1, -0.05) is 11.6 Å². The number of hydrogen-bond acceptors (Lipinski definition) is 5. The predicted octanol–water partition coefficient (Wildman–Crippen LogP) is -0.378. The molecule has 0 aromatic carbocycles. The Balaban J connectivity index is 2.54. The molecule has 2 aromatic heterocycles. The van der Waals surface area contributed by atoms with Crippen molar-refractivity contribution in [1.82, 2.24) is 19.9 Å². The molecule has 0 bridgehead atoms. The van der Waals surface area contributed by atoms with Crippen LogP contribution >= 0.6 is 11.6 Å². The second-order valence-electron chi connectivity index (χ2n) is 2.59. The first-order chi connectivity index (χ1) is 6.96. The van der Waals surface area contributed by atoms with E-state index < -0.39 is 10.2 Å². The Hall–Kier alpha value is -1.45. The number of rotatable bonds is 2.